The van der Waals surface area contributed by atoms with Gasteiger partial charge in [0, 0.05) is 12.1 Å². The number of anilines is 1. The van der Waals surface area contributed by atoms with Gasteiger partial charge in [-0.15, -0.1) is 0 Å². The molecule has 0 aromatic carbocycles. The van der Waals surface area contributed by atoms with Crippen LogP contribution in [0.25, 0.3) is 0 Å². The van der Waals surface area contributed by atoms with Gasteiger partial charge >= 0.3 is 6.01 Å². The number of aliphatic hydroxyl groups is 1. The number of hydrogen-bond acceptors (Lipinski definition) is 6. The molecule has 0 unspecified atom stereocenters. The van der Waals surface area contributed by atoms with Crippen LogP contribution in [0.2, 0.25) is 0 Å². The molecule has 0 radical (unpaired) electrons. The topological polar surface area (TPSA) is 76.3 Å². The van der Waals surface area contributed by atoms with Crippen molar-refractivity contribution in [3.8, 4) is 6.01 Å². The molecule has 1 N–H and O–H groups in total. The summed E-state index contributed by atoms with van der Waals surface area (Å²) in [4.78, 5) is 10.6. The first kappa shape index (κ1) is 13.3. The summed E-state index contributed by atoms with van der Waals surface area (Å²) >= 11 is 3.47. The van der Waals surface area contributed by atoms with Gasteiger partial charge < -0.3 is 14.7 Å². The normalized spacial score (nSPS) is 13.7. The van der Waals surface area contributed by atoms with Crippen LogP contribution in [-0.4, -0.2) is 38.6 Å². The fourth-order valence-electron chi connectivity index (χ4n) is 2.31. The van der Waals surface area contributed by atoms with E-state index in [1.807, 2.05) is 10.9 Å². The predicted molar refractivity (Wildman–Crippen MR) is 75.5 cm³/mol. The van der Waals surface area contributed by atoms with Crippen molar-refractivity contribution in [1.29, 1.82) is 0 Å². The van der Waals surface area contributed by atoms with E-state index in [-0.39, 0.29) is 6.61 Å². The average molecular weight is 340 g/mol. The van der Waals surface area contributed by atoms with E-state index >= 15 is 0 Å². The van der Waals surface area contributed by atoms with Crippen LogP contribution in [0.15, 0.2) is 16.9 Å². The number of halogens is 1. The molecule has 0 saturated heterocycles. The zero-order chi connectivity index (χ0) is 14.1. The zero-order valence-electron chi connectivity index (χ0n) is 11.0. The second-order valence-corrected chi connectivity index (χ2v) is 5.30. The molecule has 0 spiro atoms. The van der Waals surface area contributed by atoms with Gasteiger partial charge in [0.2, 0.25) is 0 Å². The van der Waals surface area contributed by atoms with Crippen LogP contribution in [-0.2, 0) is 19.6 Å². The Kier molecular flexibility index (Phi) is 3.58. The van der Waals surface area contributed by atoms with Crippen molar-refractivity contribution in [2.24, 2.45) is 0 Å². The lowest BCUT2D eigenvalue weighted by atomic mass is 10.3. The molecule has 3 heterocycles. The fraction of sp³-hybridized carbons (Fsp3) is 0.417. The monoisotopic (exact) mass is 339 g/mol. The first-order valence-electron chi connectivity index (χ1n) is 6.19. The van der Waals surface area contributed by atoms with E-state index in [2.05, 4.69) is 35.9 Å². The molecule has 1 aliphatic rings. The third-order valence-corrected chi connectivity index (χ3v) is 3.79. The maximum atomic E-state index is 9.05. The number of fused-ring (bicyclic) bond motifs is 1. The minimum Gasteiger partial charge on any atom is -0.467 e. The smallest absolute Gasteiger partial charge is 0.318 e. The second-order valence-electron chi connectivity index (χ2n) is 4.45. The van der Waals surface area contributed by atoms with Crippen molar-refractivity contribution < 1.29 is 9.84 Å². The van der Waals surface area contributed by atoms with Crippen molar-refractivity contribution >= 4 is 21.7 Å². The molecule has 3 rings (SSSR count). The van der Waals surface area contributed by atoms with Gasteiger partial charge in [0.25, 0.3) is 0 Å². The first-order chi connectivity index (χ1) is 9.72. The lowest BCUT2D eigenvalue weighted by Crippen LogP contribution is -2.19. The molecule has 2 aromatic heterocycles. The minimum absolute atomic E-state index is 0.0825. The van der Waals surface area contributed by atoms with Gasteiger partial charge in [0.05, 0.1) is 49.4 Å². The summed E-state index contributed by atoms with van der Waals surface area (Å²) in [5.41, 5.74) is 2.27. The molecule has 0 aliphatic carbocycles. The summed E-state index contributed by atoms with van der Waals surface area (Å²) in [6.07, 6.45) is 3.53. The summed E-state index contributed by atoms with van der Waals surface area (Å²) < 4.78 is 7.73. The van der Waals surface area contributed by atoms with Crippen LogP contribution >= 0.6 is 15.9 Å². The van der Waals surface area contributed by atoms with E-state index in [0.29, 0.717) is 19.1 Å². The van der Waals surface area contributed by atoms with Gasteiger partial charge in [-0.1, -0.05) is 0 Å². The van der Waals surface area contributed by atoms with Gasteiger partial charge in [-0.25, -0.2) is 4.98 Å². The number of aromatic nitrogens is 4. The number of aliphatic hydroxyl groups excluding tert-OH is 1. The van der Waals surface area contributed by atoms with Crippen LogP contribution in [0.4, 0.5) is 5.82 Å². The molecule has 0 amide bonds. The highest BCUT2D eigenvalue weighted by Crippen LogP contribution is 2.32. The Morgan fingerprint density at radius 2 is 2.25 bits per heavy atom. The summed E-state index contributed by atoms with van der Waals surface area (Å²) in [5, 5.41) is 13.3. The fourth-order valence-corrected chi connectivity index (χ4v) is 2.75. The van der Waals surface area contributed by atoms with Crippen LogP contribution in [0.3, 0.4) is 0 Å². The molecule has 1 aliphatic heterocycles. The highest BCUT2D eigenvalue weighted by Gasteiger charge is 2.26. The lowest BCUT2D eigenvalue weighted by molar-refractivity contribution is 0.267. The van der Waals surface area contributed by atoms with E-state index in [4.69, 9.17) is 9.84 Å². The summed E-state index contributed by atoms with van der Waals surface area (Å²) in [7, 11) is 1.55. The molecule has 20 heavy (non-hydrogen) atoms. The SMILES string of the molecule is COc1ncc(Br)c(N2Cc3cnn(CCO)c3C2)n1. The maximum absolute atomic E-state index is 9.05. The maximum Gasteiger partial charge on any atom is 0.318 e. The number of hydrogen-bond donors (Lipinski definition) is 1. The Hall–Kier alpha value is -1.67. The molecule has 2 aromatic rings. The Balaban J connectivity index is 1.88. The molecule has 0 bridgehead atoms. The molecule has 106 valence electrons. The molecular weight excluding hydrogens is 326 g/mol. The predicted octanol–water partition coefficient (Wildman–Crippen LogP) is 0.957. The molecule has 7 nitrogen and oxygen atoms in total. The summed E-state index contributed by atoms with van der Waals surface area (Å²) in [6, 6.07) is 0.344. The van der Waals surface area contributed by atoms with Crippen molar-refractivity contribution in [2.45, 2.75) is 19.6 Å². The molecular formula is C12H14BrN5O2. The van der Waals surface area contributed by atoms with Gasteiger partial charge in [-0.2, -0.15) is 10.1 Å². The number of ether oxygens (including phenoxy) is 1. The largest absolute Gasteiger partial charge is 0.467 e. The molecule has 8 heteroatoms. The standard InChI is InChI=1S/C12H14BrN5O2/c1-20-12-14-5-9(13)11(16-12)17-6-8-4-15-18(2-3-19)10(8)7-17/h4-5,19H,2-3,6-7H2,1H3. The van der Waals surface area contributed by atoms with Gasteiger partial charge in [-0.3, -0.25) is 4.68 Å². The number of methoxy groups -OCH3 is 1. The van der Waals surface area contributed by atoms with E-state index in [1.54, 1.807) is 13.3 Å². The van der Waals surface area contributed by atoms with Crippen LogP contribution in [0.1, 0.15) is 11.3 Å². The average Bonchev–Trinajstić information content (AvgIpc) is 3.02. The van der Waals surface area contributed by atoms with Crippen molar-refractivity contribution in [3.63, 3.8) is 0 Å². The van der Waals surface area contributed by atoms with Crippen LogP contribution in [0.5, 0.6) is 6.01 Å². The highest BCUT2D eigenvalue weighted by atomic mass is 79.9. The second kappa shape index (κ2) is 5.37. The van der Waals surface area contributed by atoms with Crippen molar-refractivity contribution in [2.75, 3.05) is 18.6 Å². The molecule has 0 atom stereocenters. The van der Waals surface area contributed by atoms with Crippen molar-refractivity contribution in [3.05, 3.63) is 28.1 Å². The first-order valence-corrected chi connectivity index (χ1v) is 6.98. The Morgan fingerprint density at radius 1 is 1.40 bits per heavy atom. The minimum atomic E-state index is 0.0825. The van der Waals surface area contributed by atoms with E-state index in [1.165, 1.54) is 0 Å². The van der Waals surface area contributed by atoms with Gasteiger partial charge in [0.15, 0.2) is 5.82 Å². The Morgan fingerprint density at radius 3 is 3.00 bits per heavy atom. The number of rotatable bonds is 4. The number of nitrogens with zero attached hydrogens (tertiary/aromatic N) is 5. The summed E-state index contributed by atoms with van der Waals surface area (Å²) in [5.74, 6) is 0.795. The van der Waals surface area contributed by atoms with E-state index in [9.17, 15) is 0 Å². The Labute approximate surface area is 124 Å². The van der Waals surface area contributed by atoms with Crippen LogP contribution in [0, 0.1) is 0 Å². The highest BCUT2D eigenvalue weighted by molar-refractivity contribution is 9.10. The quantitative estimate of drug-likeness (QED) is 0.893. The molecule has 0 fully saturated rings. The van der Waals surface area contributed by atoms with Gasteiger partial charge in [0.1, 0.15) is 0 Å². The lowest BCUT2D eigenvalue weighted by Gasteiger charge is -2.18. The van der Waals surface area contributed by atoms with Crippen molar-refractivity contribution in [1.82, 2.24) is 19.7 Å². The Bertz CT molecular complexity index is 630. The third-order valence-electron chi connectivity index (χ3n) is 3.23. The van der Waals surface area contributed by atoms with Crippen LogP contribution < -0.4 is 9.64 Å². The zero-order valence-corrected chi connectivity index (χ0v) is 12.5. The third kappa shape index (κ3) is 2.25. The van der Waals surface area contributed by atoms with Gasteiger partial charge in [-0.05, 0) is 15.9 Å². The van der Waals surface area contributed by atoms with E-state index < -0.39 is 0 Å². The molecule has 0 saturated carbocycles. The summed E-state index contributed by atoms with van der Waals surface area (Å²) in [6.45, 7) is 2.03. The van der Waals surface area contributed by atoms with E-state index in [0.717, 1.165) is 28.1 Å².